The maximum Gasteiger partial charge on any atom is 0.331 e. The lowest BCUT2D eigenvalue weighted by Crippen LogP contribution is -2.35. The van der Waals surface area contributed by atoms with Gasteiger partial charge in [0.05, 0.1) is 27.0 Å². The lowest BCUT2D eigenvalue weighted by molar-refractivity contribution is -0.142. The summed E-state index contributed by atoms with van der Waals surface area (Å²) >= 11 is 0. The molecule has 0 aliphatic carbocycles. The number of methoxy groups -OCH3 is 3. The Morgan fingerprint density at radius 1 is 0.812 bits per heavy atom. The van der Waals surface area contributed by atoms with Crippen LogP contribution < -0.4 is 23.8 Å². The fourth-order valence-corrected chi connectivity index (χ4v) is 9.07. The molecular formula is C33H37N3O10S2. The number of nitrogens with one attached hydrogen (secondary N) is 1. The van der Waals surface area contributed by atoms with E-state index in [1.165, 1.54) is 66.3 Å². The number of hydrogen-bond donors (Lipinski definition) is 1. The third-order valence-corrected chi connectivity index (χ3v) is 11.8. The molecule has 3 aromatic rings. The van der Waals surface area contributed by atoms with Crippen LogP contribution in [0.3, 0.4) is 0 Å². The zero-order valence-corrected chi connectivity index (χ0v) is 28.4. The monoisotopic (exact) mass is 699 g/mol. The summed E-state index contributed by atoms with van der Waals surface area (Å²) in [7, 11) is -3.87. The number of fused-ring (bicyclic) bond motifs is 1. The Balaban J connectivity index is 1.27. The number of anilines is 2. The lowest BCUT2D eigenvalue weighted by atomic mass is 10.2. The van der Waals surface area contributed by atoms with Crippen LogP contribution in [-0.2, 0) is 40.8 Å². The molecule has 2 aliphatic heterocycles. The molecule has 1 N–H and O–H groups in total. The van der Waals surface area contributed by atoms with Gasteiger partial charge in [-0.05, 0) is 72.9 Å². The number of esters is 1. The Bertz CT molecular complexity index is 1940. The van der Waals surface area contributed by atoms with Crippen molar-refractivity contribution < 1.29 is 45.4 Å². The number of piperidine rings is 1. The molecule has 256 valence electrons. The quantitative estimate of drug-likeness (QED) is 0.218. The van der Waals surface area contributed by atoms with Gasteiger partial charge in [-0.3, -0.25) is 9.10 Å². The Morgan fingerprint density at radius 2 is 1.54 bits per heavy atom. The molecule has 0 saturated carbocycles. The van der Waals surface area contributed by atoms with Crippen LogP contribution in [0.1, 0.15) is 30.4 Å². The Hall–Kier alpha value is -4.60. The van der Waals surface area contributed by atoms with E-state index in [4.69, 9.17) is 18.9 Å². The second kappa shape index (κ2) is 14.7. The van der Waals surface area contributed by atoms with Crippen LogP contribution in [0.4, 0.5) is 11.4 Å². The van der Waals surface area contributed by atoms with E-state index in [1.807, 2.05) is 12.1 Å². The largest absolute Gasteiger partial charge is 0.495 e. The van der Waals surface area contributed by atoms with Crippen molar-refractivity contribution in [1.29, 1.82) is 0 Å². The SMILES string of the molecule is COc1ccc(NC(=O)COC(=O)/C=C/c2cc(OC)c(OC)c(S(=O)(=O)N3CCc4ccccc43)c2)cc1S(=O)(=O)N1CCCCC1. The number of benzene rings is 3. The first-order valence-corrected chi connectivity index (χ1v) is 18.1. The van der Waals surface area contributed by atoms with Gasteiger partial charge in [0.2, 0.25) is 10.0 Å². The predicted molar refractivity (Wildman–Crippen MR) is 178 cm³/mol. The van der Waals surface area contributed by atoms with E-state index in [9.17, 15) is 26.4 Å². The lowest BCUT2D eigenvalue weighted by Gasteiger charge is -2.26. The van der Waals surface area contributed by atoms with E-state index in [2.05, 4.69) is 5.32 Å². The van der Waals surface area contributed by atoms with Gasteiger partial charge in [0.25, 0.3) is 15.9 Å². The number of rotatable bonds is 12. The smallest absolute Gasteiger partial charge is 0.331 e. The maximum absolute atomic E-state index is 13.8. The van der Waals surface area contributed by atoms with E-state index in [-0.39, 0.29) is 39.3 Å². The number of ether oxygens (including phenoxy) is 4. The van der Waals surface area contributed by atoms with Crippen molar-refractivity contribution >= 4 is 49.4 Å². The molecule has 13 nitrogen and oxygen atoms in total. The van der Waals surface area contributed by atoms with Crippen LogP contribution >= 0.6 is 0 Å². The van der Waals surface area contributed by atoms with E-state index in [0.29, 0.717) is 30.8 Å². The highest BCUT2D eigenvalue weighted by Gasteiger charge is 2.34. The summed E-state index contributed by atoms with van der Waals surface area (Å²) in [5.74, 6) is -1.27. The van der Waals surface area contributed by atoms with E-state index in [0.717, 1.165) is 30.9 Å². The molecule has 3 aromatic carbocycles. The minimum Gasteiger partial charge on any atom is -0.495 e. The molecule has 2 heterocycles. The molecule has 0 radical (unpaired) electrons. The highest BCUT2D eigenvalue weighted by molar-refractivity contribution is 7.93. The van der Waals surface area contributed by atoms with Gasteiger partial charge in [-0.2, -0.15) is 4.31 Å². The van der Waals surface area contributed by atoms with Crippen molar-refractivity contribution in [2.24, 2.45) is 0 Å². The number of carbonyl (C=O) groups is 2. The van der Waals surface area contributed by atoms with Gasteiger partial charge in [0.15, 0.2) is 18.1 Å². The third-order valence-electron chi connectivity index (χ3n) is 8.02. The van der Waals surface area contributed by atoms with Crippen LogP contribution in [-0.4, -0.2) is 80.6 Å². The van der Waals surface area contributed by atoms with E-state index < -0.39 is 38.5 Å². The summed E-state index contributed by atoms with van der Waals surface area (Å²) in [5.41, 5.74) is 1.98. The average molecular weight is 700 g/mol. The van der Waals surface area contributed by atoms with E-state index in [1.54, 1.807) is 12.1 Å². The van der Waals surface area contributed by atoms with Crippen molar-refractivity contribution in [2.75, 3.05) is 57.2 Å². The first-order valence-electron chi connectivity index (χ1n) is 15.2. The number of amides is 1. The maximum atomic E-state index is 13.8. The van der Waals surface area contributed by atoms with Gasteiger partial charge in [-0.1, -0.05) is 24.6 Å². The number of carbonyl (C=O) groups excluding carboxylic acids is 2. The molecule has 15 heteroatoms. The summed E-state index contributed by atoms with van der Waals surface area (Å²) in [5, 5.41) is 2.54. The van der Waals surface area contributed by atoms with Crippen LogP contribution in [0.15, 0.2) is 70.5 Å². The summed E-state index contributed by atoms with van der Waals surface area (Å²) in [4.78, 5) is 25.0. The zero-order chi connectivity index (χ0) is 34.5. The van der Waals surface area contributed by atoms with Crippen LogP contribution in [0, 0.1) is 0 Å². The second-order valence-corrected chi connectivity index (χ2v) is 14.8. The first kappa shape index (κ1) is 34.7. The third kappa shape index (κ3) is 7.27. The molecule has 1 saturated heterocycles. The Kier molecular flexibility index (Phi) is 10.6. The normalized spacial score (nSPS) is 15.2. The topological polar surface area (TPSA) is 158 Å². The Morgan fingerprint density at radius 3 is 2.25 bits per heavy atom. The molecule has 48 heavy (non-hydrogen) atoms. The summed E-state index contributed by atoms with van der Waals surface area (Å²) in [6.07, 6.45) is 5.42. The van der Waals surface area contributed by atoms with Crippen molar-refractivity contribution in [3.05, 3.63) is 71.8 Å². The van der Waals surface area contributed by atoms with Crippen LogP contribution in [0.5, 0.6) is 17.2 Å². The average Bonchev–Trinajstić information content (AvgIpc) is 3.55. The van der Waals surface area contributed by atoms with Gasteiger partial charge in [0.1, 0.15) is 15.5 Å². The fourth-order valence-electron chi connectivity index (χ4n) is 5.66. The van der Waals surface area contributed by atoms with Crippen molar-refractivity contribution in [1.82, 2.24) is 4.31 Å². The minimum absolute atomic E-state index is 0.0173. The van der Waals surface area contributed by atoms with Gasteiger partial charge in [-0.15, -0.1) is 0 Å². The molecule has 0 atom stereocenters. The zero-order valence-electron chi connectivity index (χ0n) is 26.8. The predicted octanol–water partition coefficient (Wildman–Crippen LogP) is 3.83. The summed E-state index contributed by atoms with van der Waals surface area (Å²) in [6, 6.07) is 14.4. The number of nitrogens with zero attached hydrogens (tertiary/aromatic N) is 2. The second-order valence-electron chi connectivity index (χ2n) is 11.0. The van der Waals surface area contributed by atoms with Crippen molar-refractivity contribution in [2.45, 2.75) is 35.5 Å². The highest BCUT2D eigenvalue weighted by Crippen LogP contribution is 2.41. The molecular weight excluding hydrogens is 663 g/mol. The highest BCUT2D eigenvalue weighted by atomic mass is 32.2. The van der Waals surface area contributed by atoms with Crippen LogP contribution in [0.25, 0.3) is 6.08 Å². The molecule has 0 aromatic heterocycles. The number of para-hydroxylation sites is 1. The molecule has 5 rings (SSSR count). The van der Waals surface area contributed by atoms with E-state index >= 15 is 0 Å². The molecule has 0 spiro atoms. The Labute approximate surface area is 280 Å². The van der Waals surface area contributed by atoms with Gasteiger partial charge in [-0.25, -0.2) is 21.6 Å². The molecule has 0 bridgehead atoms. The van der Waals surface area contributed by atoms with Gasteiger partial charge < -0.3 is 24.3 Å². The van der Waals surface area contributed by atoms with Gasteiger partial charge >= 0.3 is 5.97 Å². The van der Waals surface area contributed by atoms with Crippen LogP contribution in [0.2, 0.25) is 0 Å². The molecule has 2 aliphatic rings. The number of hydrogen-bond acceptors (Lipinski definition) is 10. The standard InChI is InChI=1S/C33H37N3O10S2/c1-43-27-13-12-25(21-29(27)47(39,40)35-16-7-4-8-17-35)34-31(37)22-46-32(38)14-11-23-19-28(44-2)33(45-3)30(20-23)48(41,42)36-18-15-24-9-5-6-10-26(24)36/h5-6,9-14,19-21H,4,7-8,15-18,22H2,1-3H3,(H,34,37)/b14-11+. The summed E-state index contributed by atoms with van der Waals surface area (Å²) < 4.78 is 78.2. The molecule has 1 amide bonds. The van der Waals surface area contributed by atoms with Crippen molar-refractivity contribution in [3.8, 4) is 17.2 Å². The minimum atomic E-state index is -4.09. The van der Waals surface area contributed by atoms with Crippen molar-refractivity contribution in [3.63, 3.8) is 0 Å². The molecule has 1 fully saturated rings. The number of sulfonamides is 2. The van der Waals surface area contributed by atoms with Gasteiger partial charge in [0, 0.05) is 31.4 Å². The fraction of sp³-hybridized carbons (Fsp3) is 0.333. The molecule has 0 unspecified atom stereocenters. The summed E-state index contributed by atoms with van der Waals surface area (Å²) in [6.45, 7) is 0.398. The first-order chi connectivity index (χ1) is 23.0.